The molecule has 0 unspecified atom stereocenters. The number of fused-ring (bicyclic) bond motifs is 1. The smallest absolute Gasteiger partial charge is 0.382 e. The van der Waals surface area contributed by atoms with Gasteiger partial charge in [-0.15, -0.1) is 11.3 Å². The van der Waals surface area contributed by atoms with Gasteiger partial charge in [0, 0.05) is 48.3 Å². The summed E-state index contributed by atoms with van der Waals surface area (Å²) < 4.78 is 38.6. The maximum atomic E-state index is 12.9. The molecule has 1 aliphatic carbocycles. The van der Waals surface area contributed by atoms with Crippen LogP contribution in [-0.2, 0) is 6.42 Å². The summed E-state index contributed by atoms with van der Waals surface area (Å²) in [6.07, 6.45) is -0.650. The standard InChI is InChI=1S/C26H31F3N6OS/c1-34(2)10-8-30-23(36)17-3-5-18(6-4-17)33-19-12-25(13-19)7-9-35(15-25)22-21-11-20(14-26(27,28)29)37-24(21)32-16-31-22/h3-6,11,16,19,33H,7-10,12-15H2,1-2H3,(H,30,36). The first kappa shape index (κ1) is 25.7. The summed E-state index contributed by atoms with van der Waals surface area (Å²) in [5.74, 6) is 0.666. The minimum absolute atomic E-state index is 0.0722. The number of halogens is 3. The number of carbonyl (C=O) groups excluding carboxylic acids is 1. The number of nitrogens with one attached hydrogen (secondary N) is 2. The zero-order chi connectivity index (χ0) is 26.2. The van der Waals surface area contributed by atoms with Crippen molar-refractivity contribution >= 4 is 39.0 Å². The van der Waals surface area contributed by atoms with Crippen LogP contribution in [0.15, 0.2) is 36.7 Å². The molecule has 5 rings (SSSR count). The molecule has 1 saturated carbocycles. The van der Waals surface area contributed by atoms with Crippen molar-refractivity contribution < 1.29 is 18.0 Å². The van der Waals surface area contributed by atoms with Gasteiger partial charge in [-0.1, -0.05) is 0 Å². The first-order valence-electron chi connectivity index (χ1n) is 12.4. The number of alkyl halides is 3. The molecule has 198 valence electrons. The molecule has 1 aromatic carbocycles. The van der Waals surface area contributed by atoms with Gasteiger partial charge >= 0.3 is 6.18 Å². The molecule has 0 bridgehead atoms. The molecule has 0 atom stereocenters. The Labute approximate surface area is 218 Å². The van der Waals surface area contributed by atoms with E-state index in [2.05, 4.69) is 25.5 Å². The van der Waals surface area contributed by atoms with Crippen molar-refractivity contribution in [3.8, 4) is 0 Å². The third kappa shape index (κ3) is 5.98. The van der Waals surface area contributed by atoms with E-state index in [-0.39, 0.29) is 16.2 Å². The lowest BCUT2D eigenvalue weighted by molar-refractivity contribution is -0.126. The second-order valence-corrected chi connectivity index (χ2v) is 11.6. The number of carbonyl (C=O) groups is 1. The van der Waals surface area contributed by atoms with Crippen LogP contribution in [0.3, 0.4) is 0 Å². The summed E-state index contributed by atoms with van der Waals surface area (Å²) in [7, 11) is 3.94. The fraction of sp³-hybridized carbons (Fsp3) is 0.500. The van der Waals surface area contributed by atoms with E-state index in [9.17, 15) is 18.0 Å². The minimum atomic E-state index is -4.24. The first-order chi connectivity index (χ1) is 17.6. The maximum absolute atomic E-state index is 12.9. The van der Waals surface area contributed by atoms with Gasteiger partial charge in [-0.05, 0) is 69.1 Å². The van der Waals surface area contributed by atoms with Crippen molar-refractivity contribution in [1.82, 2.24) is 20.2 Å². The number of benzene rings is 1. The summed E-state index contributed by atoms with van der Waals surface area (Å²) in [5, 5.41) is 7.21. The van der Waals surface area contributed by atoms with Crippen LogP contribution in [0.25, 0.3) is 10.2 Å². The highest BCUT2D eigenvalue weighted by molar-refractivity contribution is 7.18. The summed E-state index contributed by atoms with van der Waals surface area (Å²) in [6, 6.07) is 9.52. The Morgan fingerprint density at radius 2 is 1.97 bits per heavy atom. The molecule has 3 heterocycles. The van der Waals surface area contributed by atoms with Crippen molar-refractivity contribution in [3.05, 3.63) is 47.1 Å². The molecular weight excluding hydrogens is 501 g/mol. The van der Waals surface area contributed by atoms with Crippen LogP contribution in [0.2, 0.25) is 0 Å². The SMILES string of the molecule is CN(C)CCNC(=O)c1ccc(NC2CC3(CCN(c4ncnc5sc(CC(F)(F)F)cc45)C3)C2)cc1. The average molecular weight is 533 g/mol. The monoisotopic (exact) mass is 532 g/mol. The number of hydrogen-bond donors (Lipinski definition) is 2. The molecule has 1 saturated heterocycles. The Morgan fingerprint density at radius 3 is 2.68 bits per heavy atom. The number of hydrogen-bond acceptors (Lipinski definition) is 7. The fourth-order valence-electron chi connectivity index (χ4n) is 5.42. The van der Waals surface area contributed by atoms with Crippen molar-refractivity contribution in [2.75, 3.05) is 50.5 Å². The normalized spacial score (nSPS) is 21.6. The lowest BCUT2D eigenvalue weighted by Gasteiger charge is -2.46. The zero-order valence-corrected chi connectivity index (χ0v) is 21.8. The van der Waals surface area contributed by atoms with E-state index in [1.54, 1.807) is 6.07 Å². The summed E-state index contributed by atoms with van der Waals surface area (Å²) in [4.78, 5) is 26.0. The van der Waals surface area contributed by atoms with E-state index in [0.717, 1.165) is 61.7 Å². The number of anilines is 2. The van der Waals surface area contributed by atoms with Crippen LogP contribution in [0.4, 0.5) is 24.7 Å². The van der Waals surface area contributed by atoms with Gasteiger partial charge in [0.15, 0.2) is 0 Å². The average Bonchev–Trinajstić information content (AvgIpc) is 3.42. The van der Waals surface area contributed by atoms with Crippen molar-refractivity contribution in [2.24, 2.45) is 5.41 Å². The van der Waals surface area contributed by atoms with Gasteiger partial charge in [0.05, 0.1) is 11.8 Å². The summed E-state index contributed by atoms with van der Waals surface area (Å²) in [5.41, 5.74) is 1.82. The second kappa shape index (κ2) is 10.1. The van der Waals surface area contributed by atoms with E-state index in [1.165, 1.54) is 6.33 Å². The number of aromatic nitrogens is 2. The molecule has 0 radical (unpaired) electrons. The van der Waals surface area contributed by atoms with Crippen LogP contribution in [0.1, 0.15) is 34.5 Å². The van der Waals surface area contributed by atoms with Crippen LogP contribution in [0, 0.1) is 5.41 Å². The quantitative estimate of drug-likeness (QED) is 0.443. The van der Waals surface area contributed by atoms with Crippen molar-refractivity contribution in [2.45, 2.75) is 37.9 Å². The van der Waals surface area contributed by atoms with Crippen molar-refractivity contribution in [3.63, 3.8) is 0 Å². The van der Waals surface area contributed by atoms with Gasteiger partial charge in [-0.2, -0.15) is 13.2 Å². The zero-order valence-electron chi connectivity index (χ0n) is 20.9. The van der Waals surface area contributed by atoms with Crippen LogP contribution in [-0.4, -0.2) is 73.3 Å². The highest BCUT2D eigenvalue weighted by Gasteiger charge is 2.49. The molecule has 2 fully saturated rings. The van der Waals surface area contributed by atoms with Crippen molar-refractivity contribution in [1.29, 1.82) is 0 Å². The Morgan fingerprint density at radius 1 is 1.22 bits per heavy atom. The lowest BCUT2D eigenvalue weighted by Crippen LogP contribution is -2.46. The predicted molar refractivity (Wildman–Crippen MR) is 140 cm³/mol. The van der Waals surface area contributed by atoms with E-state index >= 15 is 0 Å². The second-order valence-electron chi connectivity index (χ2n) is 10.5. The number of rotatable bonds is 8. The van der Waals surface area contributed by atoms with Gasteiger partial charge in [0.1, 0.15) is 17.0 Å². The Kier molecular flexibility index (Phi) is 7.01. The highest BCUT2D eigenvalue weighted by Crippen LogP contribution is 2.50. The van der Waals surface area contributed by atoms with E-state index in [0.29, 0.717) is 28.4 Å². The van der Waals surface area contributed by atoms with Gasteiger partial charge in [-0.25, -0.2) is 9.97 Å². The maximum Gasteiger partial charge on any atom is 0.393 e. The topological polar surface area (TPSA) is 73.4 Å². The lowest BCUT2D eigenvalue weighted by atomic mass is 9.65. The largest absolute Gasteiger partial charge is 0.393 e. The van der Waals surface area contributed by atoms with Gasteiger partial charge in [0.2, 0.25) is 0 Å². The Bertz CT molecular complexity index is 1250. The summed E-state index contributed by atoms with van der Waals surface area (Å²) >= 11 is 1.09. The number of thiophene rings is 1. The predicted octanol–water partition coefficient (Wildman–Crippen LogP) is 4.56. The third-order valence-corrected chi connectivity index (χ3v) is 8.24. The highest BCUT2D eigenvalue weighted by atomic mass is 32.1. The molecule has 2 aliphatic rings. The molecule has 11 heteroatoms. The number of likely N-dealkylation sites (N-methyl/N-ethyl adjacent to an activating group) is 1. The van der Waals surface area contributed by atoms with Crippen LogP contribution >= 0.6 is 11.3 Å². The number of amides is 1. The van der Waals surface area contributed by atoms with Crippen LogP contribution < -0.4 is 15.5 Å². The molecule has 2 aromatic heterocycles. The molecule has 1 aliphatic heterocycles. The third-order valence-electron chi connectivity index (χ3n) is 7.19. The molecule has 7 nitrogen and oxygen atoms in total. The van der Waals surface area contributed by atoms with Gasteiger partial charge in [-0.3, -0.25) is 4.79 Å². The molecule has 1 spiro atoms. The molecule has 1 amide bonds. The van der Waals surface area contributed by atoms with Crippen LogP contribution in [0.5, 0.6) is 0 Å². The van der Waals surface area contributed by atoms with E-state index in [4.69, 9.17) is 0 Å². The first-order valence-corrected chi connectivity index (χ1v) is 13.3. The van der Waals surface area contributed by atoms with E-state index in [1.807, 2.05) is 43.3 Å². The minimum Gasteiger partial charge on any atom is -0.382 e. The van der Waals surface area contributed by atoms with Gasteiger partial charge in [0.25, 0.3) is 5.91 Å². The molecule has 37 heavy (non-hydrogen) atoms. The Balaban J connectivity index is 1.15. The molecular formula is C26H31F3N6OS. The van der Waals surface area contributed by atoms with E-state index < -0.39 is 12.6 Å². The fourth-order valence-corrected chi connectivity index (χ4v) is 6.44. The van der Waals surface area contributed by atoms with Gasteiger partial charge < -0.3 is 20.4 Å². The molecule has 3 aromatic rings. The molecule has 2 N–H and O–H groups in total. The number of nitrogens with zero attached hydrogens (tertiary/aromatic N) is 4. The Hall–Kier alpha value is -2.92. The summed E-state index contributed by atoms with van der Waals surface area (Å²) in [6.45, 7) is 3.07.